The number of halogens is 1. The first-order valence-electron chi connectivity index (χ1n) is 9.39. The van der Waals surface area contributed by atoms with E-state index in [9.17, 15) is 4.79 Å². The summed E-state index contributed by atoms with van der Waals surface area (Å²) in [6.07, 6.45) is 1.62. The summed E-state index contributed by atoms with van der Waals surface area (Å²) in [7, 11) is 1.87. The van der Waals surface area contributed by atoms with E-state index in [2.05, 4.69) is 31.4 Å². The second-order valence-electron chi connectivity index (χ2n) is 6.67. The molecule has 0 saturated heterocycles. The van der Waals surface area contributed by atoms with E-state index >= 15 is 0 Å². The Morgan fingerprint density at radius 3 is 2.42 bits per heavy atom. The fourth-order valence-corrected chi connectivity index (χ4v) is 3.84. The van der Waals surface area contributed by atoms with Crippen LogP contribution < -0.4 is 10.1 Å². The lowest BCUT2D eigenvalue weighted by atomic mass is 10.2. The van der Waals surface area contributed by atoms with Crippen LogP contribution in [0.2, 0.25) is 0 Å². The third kappa shape index (κ3) is 5.18. The number of carbonyl (C=O) groups is 1. The molecular weight excluding hydrogens is 480 g/mol. The largest absolute Gasteiger partial charge is 0.469 e. The molecule has 0 aliphatic carbocycles. The van der Waals surface area contributed by atoms with Gasteiger partial charge >= 0.3 is 0 Å². The van der Waals surface area contributed by atoms with E-state index in [-0.39, 0.29) is 11.7 Å². The molecule has 0 fully saturated rings. The number of hydrogen-bond donors (Lipinski definition) is 1. The van der Waals surface area contributed by atoms with E-state index in [1.807, 2.05) is 61.0 Å². The molecule has 0 spiro atoms. The van der Waals surface area contributed by atoms with Gasteiger partial charge in [0.1, 0.15) is 17.3 Å². The normalized spacial score (nSPS) is 10.8. The molecular formula is C22H19BrN4O3S. The minimum atomic E-state index is -0.129. The Hall–Kier alpha value is -3.04. The second kappa shape index (κ2) is 9.40. The van der Waals surface area contributed by atoms with Crippen molar-refractivity contribution >= 4 is 39.3 Å². The zero-order valence-electron chi connectivity index (χ0n) is 16.8. The zero-order chi connectivity index (χ0) is 21.8. The van der Waals surface area contributed by atoms with Crippen molar-refractivity contribution in [3.05, 3.63) is 71.1 Å². The molecule has 31 heavy (non-hydrogen) atoms. The van der Waals surface area contributed by atoms with Crippen molar-refractivity contribution in [3.63, 3.8) is 0 Å². The number of anilines is 1. The van der Waals surface area contributed by atoms with Crippen LogP contribution in [0.3, 0.4) is 0 Å². The molecule has 4 rings (SSSR count). The van der Waals surface area contributed by atoms with Crippen LogP contribution in [-0.4, -0.2) is 26.4 Å². The summed E-state index contributed by atoms with van der Waals surface area (Å²) in [6, 6.07) is 16.7. The summed E-state index contributed by atoms with van der Waals surface area (Å²) in [5.74, 6) is 3.00. The van der Waals surface area contributed by atoms with Crippen molar-refractivity contribution in [3.8, 4) is 22.9 Å². The van der Waals surface area contributed by atoms with Crippen molar-refractivity contribution in [1.82, 2.24) is 14.8 Å². The van der Waals surface area contributed by atoms with E-state index < -0.39 is 0 Å². The zero-order valence-corrected chi connectivity index (χ0v) is 19.2. The van der Waals surface area contributed by atoms with E-state index in [0.29, 0.717) is 22.4 Å². The van der Waals surface area contributed by atoms with Gasteiger partial charge in [-0.05, 0) is 61.5 Å². The summed E-state index contributed by atoms with van der Waals surface area (Å²) in [4.78, 5) is 12.4. The smallest absolute Gasteiger partial charge is 0.234 e. The molecule has 0 saturated carbocycles. The van der Waals surface area contributed by atoms with Crippen molar-refractivity contribution < 1.29 is 13.9 Å². The summed E-state index contributed by atoms with van der Waals surface area (Å²) < 4.78 is 14.0. The SMILES string of the molecule is Cc1occc1-c1nnc(SCC(=O)Nc2ccc(Oc3ccc(Br)cc3)cc2)n1C. The number of hydrogen-bond acceptors (Lipinski definition) is 6. The predicted octanol–water partition coefficient (Wildman–Crippen LogP) is 5.67. The minimum Gasteiger partial charge on any atom is -0.469 e. The van der Waals surface area contributed by atoms with Crippen LogP contribution in [-0.2, 0) is 11.8 Å². The molecule has 7 nitrogen and oxygen atoms in total. The third-order valence-corrected chi connectivity index (χ3v) is 6.00. The quantitative estimate of drug-likeness (QED) is 0.330. The Morgan fingerprint density at radius 1 is 1.10 bits per heavy atom. The number of aromatic nitrogens is 3. The first kappa shape index (κ1) is 21.2. The molecule has 0 atom stereocenters. The molecule has 158 valence electrons. The van der Waals surface area contributed by atoms with Crippen molar-refractivity contribution in [1.29, 1.82) is 0 Å². The molecule has 0 aliphatic heterocycles. The van der Waals surface area contributed by atoms with Gasteiger partial charge in [0.15, 0.2) is 11.0 Å². The van der Waals surface area contributed by atoms with Gasteiger partial charge in [-0.25, -0.2) is 0 Å². The van der Waals surface area contributed by atoms with Crippen LogP contribution in [0.15, 0.2) is 74.9 Å². The van der Waals surface area contributed by atoms with Gasteiger partial charge in [0.25, 0.3) is 0 Å². The van der Waals surface area contributed by atoms with Crippen LogP contribution in [0.4, 0.5) is 5.69 Å². The molecule has 0 aliphatic rings. The molecule has 9 heteroatoms. The molecule has 2 aromatic heterocycles. The fraction of sp³-hybridized carbons (Fsp3) is 0.136. The molecule has 2 heterocycles. The number of ether oxygens (including phenoxy) is 1. The summed E-state index contributed by atoms with van der Waals surface area (Å²) in [5, 5.41) is 11.9. The van der Waals surface area contributed by atoms with Crippen molar-refractivity contribution in [2.24, 2.45) is 7.05 Å². The average Bonchev–Trinajstić information content (AvgIpc) is 3.34. The van der Waals surface area contributed by atoms with Gasteiger partial charge in [0.05, 0.1) is 17.6 Å². The predicted molar refractivity (Wildman–Crippen MR) is 123 cm³/mol. The first-order valence-corrected chi connectivity index (χ1v) is 11.2. The Bertz CT molecular complexity index is 1190. The highest BCUT2D eigenvalue weighted by molar-refractivity contribution is 9.10. The first-order chi connectivity index (χ1) is 15.0. The number of nitrogens with one attached hydrogen (secondary N) is 1. The lowest BCUT2D eigenvalue weighted by Gasteiger charge is -2.08. The van der Waals surface area contributed by atoms with E-state index in [0.717, 1.165) is 21.5 Å². The highest BCUT2D eigenvalue weighted by atomic mass is 79.9. The third-order valence-electron chi connectivity index (χ3n) is 4.45. The molecule has 1 amide bonds. The number of aryl methyl sites for hydroxylation is 1. The summed E-state index contributed by atoms with van der Waals surface area (Å²) >= 11 is 4.72. The second-order valence-corrected chi connectivity index (χ2v) is 8.53. The minimum absolute atomic E-state index is 0.129. The Balaban J connectivity index is 1.31. The van der Waals surface area contributed by atoms with Gasteiger partial charge in [0.2, 0.25) is 5.91 Å². The number of amides is 1. The van der Waals surface area contributed by atoms with Gasteiger partial charge in [-0.3, -0.25) is 4.79 Å². The van der Waals surface area contributed by atoms with Crippen LogP contribution in [0, 0.1) is 6.92 Å². The fourth-order valence-electron chi connectivity index (χ4n) is 2.86. The summed E-state index contributed by atoms with van der Waals surface area (Å²) in [5.41, 5.74) is 1.58. The Morgan fingerprint density at radius 2 is 1.77 bits per heavy atom. The molecule has 2 aromatic carbocycles. The van der Waals surface area contributed by atoms with Gasteiger partial charge in [0, 0.05) is 17.2 Å². The van der Waals surface area contributed by atoms with Gasteiger partial charge in [-0.2, -0.15) is 0 Å². The number of furan rings is 1. The van der Waals surface area contributed by atoms with E-state index in [1.165, 1.54) is 11.8 Å². The van der Waals surface area contributed by atoms with Gasteiger partial charge in [-0.15, -0.1) is 10.2 Å². The van der Waals surface area contributed by atoms with Crippen molar-refractivity contribution in [2.45, 2.75) is 12.1 Å². The molecule has 0 bridgehead atoms. The average molecular weight is 499 g/mol. The molecule has 0 radical (unpaired) electrons. The van der Waals surface area contributed by atoms with Crippen LogP contribution in [0.1, 0.15) is 5.76 Å². The molecule has 1 N–H and O–H groups in total. The number of nitrogens with zero attached hydrogens (tertiary/aromatic N) is 3. The molecule has 4 aromatic rings. The molecule has 0 unspecified atom stereocenters. The topological polar surface area (TPSA) is 82.2 Å². The summed E-state index contributed by atoms with van der Waals surface area (Å²) in [6.45, 7) is 1.87. The van der Waals surface area contributed by atoms with E-state index in [1.54, 1.807) is 18.4 Å². The highest BCUT2D eigenvalue weighted by Crippen LogP contribution is 2.27. The monoisotopic (exact) mass is 498 g/mol. The highest BCUT2D eigenvalue weighted by Gasteiger charge is 2.16. The maximum atomic E-state index is 12.4. The number of benzene rings is 2. The lowest BCUT2D eigenvalue weighted by molar-refractivity contribution is -0.113. The van der Waals surface area contributed by atoms with Crippen molar-refractivity contribution in [2.75, 3.05) is 11.1 Å². The van der Waals surface area contributed by atoms with Crippen LogP contribution >= 0.6 is 27.7 Å². The Kier molecular flexibility index (Phi) is 6.43. The number of carbonyl (C=O) groups excluding carboxylic acids is 1. The maximum absolute atomic E-state index is 12.4. The van der Waals surface area contributed by atoms with E-state index in [4.69, 9.17) is 9.15 Å². The van der Waals surface area contributed by atoms with Gasteiger partial charge in [-0.1, -0.05) is 27.7 Å². The van der Waals surface area contributed by atoms with Crippen LogP contribution in [0.25, 0.3) is 11.4 Å². The lowest BCUT2D eigenvalue weighted by Crippen LogP contribution is -2.14. The maximum Gasteiger partial charge on any atom is 0.234 e. The van der Waals surface area contributed by atoms with Crippen LogP contribution in [0.5, 0.6) is 11.5 Å². The number of rotatable bonds is 7. The standard InChI is InChI=1S/C22H19BrN4O3S/c1-14-19(11-12-29-14)21-25-26-22(27(21)2)31-13-20(28)24-16-5-9-18(10-6-16)30-17-7-3-15(23)4-8-17/h3-12H,13H2,1-2H3,(H,24,28). The number of thioether (sulfide) groups is 1. The Labute approximate surface area is 191 Å². The van der Waals surface area contributed by atoms with Gasteiger partial charge < -0.3 is 19.0 Å².